The Balaban J connectivity index is 1.70. The minimum atomic E-state index is -2.93. The molecule has 168 valence electrons. The van der Waals surface area contributed by atoms with E-state index in [0.29, 0.717) is 31.7 Å². The number of ether oxygens (including phenoxy) is 2. The molecule has 0 spiro atoms. The summed E-state index contributed by atoms with van der Waals surface area (Å²) in [7, 11) is 0. The van der Waals surface area contributed by atoms with Crippen LogP contribution in [-0.4, -0.2) is 50.4 Å². The normalized spacial score (nSPS) is 16.5. The maximum atomic E-state index is 12.9. The number of benzene rings is 2. The van der Waals surface area contributed by atoms with E-state index < -0.39 is 12.7 Å². The fourth-order valence-corrected chi connectivity index (χ4v) is 3.69. The number of nitrogens with one attached hydrogen (secondary N) is 2. The number of rotatable bonds is 9. The van der Waals surface area contributed by atoms with Crippen LogP contribution >= 0.6 is 0 Å². The standard InChI is InChI=1S/C23H29F2N3O3/c1-2-19(18-10-6-7-11-21(18)31-22(24)25)26-23(29)27-20(17-8-4-3-5-9-17)16-28-12-14-30-15-13-28/h3-11,19-20,22H,2,12-16H2,1H3,(H2,26,27,29). The van der Waals surface area contributed by atoms with E-state index in [9.17, 15) is 13.6 Å². The minimum absolute atomic E-state index is 0.0672. The lowest BCUT2D eigenvalue weighted by molar-refractivity contribution is -0.0506. The maximum Gasteiger partial charge on any atom is 0.387 e. The zero-order chi connectivity index (χ0) is 22.1. The van der Waals surface area contributed by atoms with Gasteiger partial charge in [-0.25, -0.2) is 4.79 Å². The van der Waals surface area contributed by atoms with Crippen LogP contribution in [0.2, 0.25) is 0 Å². The van der Waals surface area contributed by atoms with Crippen molar-refractivity contribution in [3.63, 3.8) is 0 Å². The van der Waals surface area contributed by atoms with Crippen molar-refractivity contribution in [2.24, 2.45) is 0 Å². The second-order valence-corrected chi connectivity index (χ2v) is 7.37. The number of morpholine rings is 1. The van der Waals surface area contributed by atoms with Gasteiger partial charge in [-0.2, -0.15) is 8.78 Å². The Bertz CT molecular complexity index is 817. The highest BCUT2D eigenvalue weighted by Crippen LogP contribution is 2.28. The monoisotopic (exact) mass is 433 g/mol. The van der Waals surface area contributed by atoms with Gasteiger partial charge in [0.15, 0.2) is 0 Å². The molecule has 1 saturated heterocycles. The van der Waals surface area contributed by atoms with E-state index in [4.69, 9.17) is 4.74 Å². The van der Waals surface area contributed by atoms with Crippen molar-refractivity contribution < 1.29 is 23.0 Å². The third kappa shape index (κ3) is 6.90. The molecule has 2 atom stereocenters. The zero-order valence-electron chi connectivity index (χ0n) is 17.6. The Hall–Kier alpha value is -2.71. The Morgan fingerprint density at radius 1 is 1.03 bits per heavy atom. The van der Waals surface area contributed by atoms with Crippen LogP contribution in [0.4, 0.5) is 13.6 Å². The second kappa shape index (κ2) is 11.6. The SMILES string of the molecule is CCC(NC(=O)NC(CN1CCOCC1)c1ccccc1)c1ccccc1OC(F)F. The van der Waals surface area contributed by atoms with Gasteiger partial charge < -0.3 is 20.1 Å². The van der Waals surface area contributed by atoms with Crippen LogP contribution in [0.1, 0.15) is 36.6 Å². The molecular weight excluding hydrogens is 404 g/mol. The van der Waals surface area contributed by atoms with Crippen LogP contribution in [0, 0.1) is 0 Å². The Morgan fingerprint density at radius 3 is 2.35 bits per heavy atom. The smallest absolute Gasteiger partial charge is 0.387 e. The molecule has 2 aromatic carbocycles. The molecule has 8 heteroatoms. The zero-order valence-corrected chi connectivity index (χ0v) is 17.6. The molecule has 3 rings (SSSR count). The maximum absolute atomic E-state index is 12.9. The third-order valence-electron chi connectivity index (χ3n) is 5.28. The summed E-state index contributed by atoms with van der Waals surface area (Å²) in [4.78, 5) is 15.1. The van der Waals surface area contributed by atoms with E-state index in [1.807, 2.05) is 37.3 Å². The average Bonchev–Trinajstić information content (AvgIpc) is 2.78. The van der Waals surface area contributed by atoms with Gasteiger partial charge in [-0.1, -0.05) is 55.5 Å². The van der Waals surface area contributed by atoms with Gasteiger partial charge in [-0.15, -0.1) is 0 Å². The van der Waals surface area contributed by atoms with Crippen molar-refractivity contribution in [3.8, 4) is 5.75 Å². The number of hydrogen-bond donors (Lipinski definition) is 2. The molecule has 1 fully saturated rings. The van der Waals surface area contributed by atoms with E-state index in [0.717, 1.165) is 18.7 Å². The molecule has 0 aliphatic carbocycles. The molecule has 2 N–H and O–H groups in total. The van der Waals surface area contributed by atoms with Crippen LogP contribution in [0.25, 0.3) is 0 Å². The van der Waals surface area contributed by atoms with Gasteiger partial charge in [0, 0.05) is 25.2 Å². The average molecular weight is 433 g/mol. The van der Waals surface area contributed by atoms with Gasteiger partial charge in [-0.3, -0.25) is 4.90 Å². The molecule has 31 heavy (non-hydrogen) atoms. The topological polar surface area (TPSA) is 62.8 Å². The molecular formula is C23H29F2N3O3. The summed E-state index contributed by atoms with van der Waals surface area (Å²) < 4.78 is 35.6. The summed E-state index contributed by atoms with van der Waals surface area (Å²) in [5, 5.41) is 5.97. The number of carbonyl (C=O) groups excluding carboxylic acids is 1. The predicted molar refractivity (Wildman–Crippen MR) is 114 cm³/mol. The summed E-state index contributed by atoms with van der Waals surface area (Å²) in [5.41, 5.74) is 1.52. The number of urea groups is 1. The molecule has 6 nitrogen and oxygen atoms in total. The first kappa shape index (κ1) is 23.0. The molecule has 1 aliphatic rings. The first-order chi connectivity index (χ1) is 15.1. The summed E-state index contributed by atoms with van der Waals surface area (Å²) in [6, 6.07) is 15.3. The molecule has 0 bridgehead atoms. The highest BCUT2D eigenvalue weighted by molar-refractivity contribution is 5.75. The van der Waals surface area contributed by atoms with Gasteiger partial charge >= 0.3 is 12.6 Å². The van der Waals surface area contributed by atoms with Gasteiger partial charge in [0.05, 0.1) is 25.3 Å². The largest absolute Gasteiger partial charge is 0.434 e. The first-order valence-corrected chi connectivity index (χ1v) is 10.5. The Morgan fingerprint density at radius 2 is 1.68 bits per heavy atom. The van der Waals surface area contributed by atoms with E-state index in [1.54, 1.807) is 18.2 Å². The fraction of sp³-hybridized carbons (Fsp3) is 0.435. The van der Waals surface area contributed by atoms with Crippen molar-refractivity contribution in [1.29, 1.82) is 0 Å². The summed E-state index contributed by atoms with van der Waals surface area (Å²) in [6.07, 6.45) is 0.524. The molecule has 2 aromatic rings. The molecule has 0 radical (unpaired) electrons. The van der Waals surface area contributed by atoms with Crippen molar-refractivity contribution in [3.05, 3.63) is 65.7 Å². The number of amides is 2. The number of para-hydroxylation sites is 1. The Labute approximate surface area is 181 Å². The quantitative estimate of drug-likeness (QED) is 0.625. The number of alkyl halides is 2. The second-order valence-electron chi connectivity index (χ2n) is 7.37. The van der Waals surface area contributed by atoms with Gasteiger partial charge in [0.1, 0.15) is 5.75 Å². The van der Waals surface area contributed by atoms with Crippen LogP contribution in [0.5, 0.6) is 5.75 Å². The van der Waals surface area contributed by atoms with E-state index in [-0.39, 0.29) is 17.8 Å². The van der Waals surface area contributed by atoms with Crippen LogP contribution in [0.15, 0.2) is 54.6 Å². The lowest BCUT2D eigenvalue weighted by atomic mass is 10.0. The van der Waals surface area contributed by atoms with Gasteiger partial charge in [0.25, 0.3) is 0 Å². The highest BCUT2D eigenvalue weighted by Gasteiger charge is 2.23. The molecule has 0 aromatic heterocycles. The van der Waals surface area contributed by atoms with Gasteiger partial charge in [0.2, 0.25) is 0 Å². The Kier molecular flexibility index (Phi) is 8.61. The van der Waals surface area contributed by atoms with Crippen LogP contribution < -0.4 is 15.4 Å². The van der Waals surface area contributed by atoms with Crippen LogP contribution in [-0.2, 0) is 4.74 Å². The molecule has 0 saturated carbocycles. The molecule has 1 heterocycles. The number of hydrogen-bond acceptors (Lipinski definition) is 4. The molecule has 2 unspecified atom stereocenters. The fourth-order valence-electron chi connectivity index (χ4n) is 3.69. The molecule has 2 amide bonds. The van der Waals surface area contributed by atoms with Crippen molar-refractivity contribution >= 4 is 6.03 Å². The number of carbonyl (C=O) groups is 1. The highest BCUT2D eigenvalue weighted by atomic mass is 19.3. The van der Waals surface area contributed by atoms with E-state index in [1.165, 1.54) is 6.07 Å². The van der Waals surface area contributed by atoms with Crippen LogP contribution in [0.3, 0.4) is 0 Å². The molecule has 1 aliphatic heterocycles. The summed E-state index contributed by atoms with van der Waals surface area (Å²) in [6.45, 7) is 2.57. The van der Waals surface area contributed by atoms with Crippen molar-refractivity contribution in [2.75, 3.05) is 32.8 Å². The lowest BCUT2D eigenvalue weighted by Gasteiger charge is -2.31. The van der Waals surface area contributed by atoms with E-state index >= 15 is 0 Å². The minimum Gasteiger partial charge on any atom is -0.434 e. The van der Waals surface area contributed by atoms with E-state index in [2.05, 4.69) is 20.3 Å². The first-order valence-electron chi connectivity index (χ1n) is 10.5. The lowest BCUT2D eigenvalue weighted by Crippen LogP contribution is -2.46. The summed E-state index contributed by atoms with van der Waals surface area (Å²) >= 11 is 0. The number of nitrogens with zero attached hydrogens (tertiary/aromatic N) is 1. The number of halogens is 2. The van der Waals surface area contributed by atoms with Crippen molar-refractivity contribution in [2.45, 2.75) is 32.0 Å². The van der Waals surface area contributed by atoms with Crippen molar-refractivity contribution in [1.82, 2.24) is 15.5 Å². The van der Waals surface area contributed by atoms with Gasteiger partial charge in [-0.05, 0) is 18.1 Å². The third-order valence-corrected chi connectivity index (χ3v) is 5.28. The summed E-state index contributed by atoms with van der Waals surface area (Å²) in [5.74, 6) is 0.0672. The predicted octanol–water partition coefficient (Wildman–Crippen LogP) is 4.11.